The Morgan fingerprint density at radius 3 is 2.80 bits per heavy atom. The van der Waals surface area contributed by atoms with Gasteiger partial charge in [-0.25, -0.2) is 13.8 Å². The highest BCUT2D eigenvalue weighted by atomic mass is 32.1. The highest BCUT2D eigenvalue weighted by molar-refractivity contribution is 7.09. The van der Waals surface area contributed by atoms with Gasteiger partial charge in [-0.05, 0) is 26.0 Å². The fourth-order valence-electron chi connectivity index (χ4n) is 2.11. The summed E-state index contributed by atoms with van der Waals surface area (Å²) in [4.78, 5) is 4.40. The number of benzene rings is 1. The van der Waals surface area contributed by atoms with Crippen LogP contribution in [0.25, 0.3) is 0 Å². The predicted molar refractivity (Wildman–Crippen MR) is 77.9 cm³/mol. The second kappa shape index (κ2) is 6.90. The normalized spacial score (nSPS) is 12.6. The molecule has 2 rings (SSSR count). The van der Waals surface area contributed by atoms with E-state index in [4.69, 9.17) is 0 Å². The summed E-state index contributed by atoms with van der Waals surface area (Å²) in [6.45, 7) is 4.73. The van der Waals surface area contributed by atoms with Crippen LogP contribution in [0.3, 0.4) is 0 Å². The molecule has 1 aromatic carbocycles. The fourth-order valence-corrected chi connectivity index (χ4v) is 2.74. The third-order valence-corrected chi connectivity index (χ3v) is 3.90. The van der Waals surface area contributed by atoms with Crippen LogP contribution in [0.2, 0.25) is 0 Å². The number of aryl methyl sites for hydroxylation is 1. The van der Waals surface area contributed by atoms with Crippen molar-refractivity contribution in [1.29, 1.82) is 0 Å². The molecule has 2 nitrogen and oxygen atoms in total. The molecule has 0 amide bonds. The zero-order chi connectivity index (χ0) is 14.5. The van der Waals surface area contributed by atoms with Gasteiger partial charge < -0.3 is 5.32 Å². The molecule has 0 aliphatic rings. The van der Waals surface area contributed by atoms with Crippen molar-refractivity contribution in [1.82, 2.24) is 10.3 Å². The van der Waals surface area contributed by atoms with Gasteiger partial charge in [-0.2, -0.15) is 0 Å². The predicted octanol–water partition coefficient (Wildman–Crippen LogP) is 4.01. The number of halogens is 2. The van der Waals surface area contributed by atoms with Crippen LogP contribution in [0.4, 0.5) is 8.78 Å². The first-order valence-corrected chi connectivity index (χ1v) is 7.58. The molecular formula is C15H18F2N2S. The van der Waals surface area contributed by atoms with Crippen molar-refractivity contribution in [2.24, 2.45) is 0 Å². The van der Waals surface area contributed by atoms with E-state index in [-0.39, 0.29) is 6.04 Å². The quantitative estimate of drug-likeness (QED) is 0.871. The third kappa shape index (κ3) is 3.61. The lowest BCUT2D eigenvalue weighted by molar-refractivity contribution is 0.457. The Morgan fingerprint density at radius 1 is 1.35 bits per heavy atom. The summed E-state index contributed by atoms with van der Waals surface area (Å²) in [6.07, 6.45) is 1.49. The van der Waals surface area contributed by atoms with E-state index in [2.05, 4.69) is 10.3 Å². The molecule has 1 unspecified atom stereocenters. The first-order valence-electron chi connectivity index (χ1n) is 6.70. The van der Waals surface area contributed by atoms with E-state index in [9.17, 15) is 8.78 Å². The Labute approximate surface area is 121 Å². The lowest BCUT2D eigenvalue weighted by Gasteiger charge is -2.19. The smallest absolute Gasteiger partial charge is 0.163 e. The van der Waals surface area contributed by atoms with Crippen LogP contribution in [0.15, 0.2) is 23.6 Å². The largest absolute Gasteiger partial charge is 0.310 e. The maximum absolute atomic E-state index is 14.0. The SMILES string of the molecule is CCCNC(Cc1csc(C)n1)c1cccc(F)c1F. The number of hydrogen-bond donors (Lipinski definition) is 1. The van der Waals surface area contributed by atoms with Gasteiger partial charge >= 0.3 is 0 Å². The van der Waals surface area contributed by atoms with Crippen LogP contribution in [0.1, 0.15) is 35.7 Å². The summed E-state index contributed by atoms with van der Waals surface area (Å²) >= 11 is 1.57. The monoisotopic (exact) mass is 296 g/mol. The molecule has 0 saturated carbocycles. The van der Waals surface area contributed by atoms with Crippen LogP contribution in [-0.4, -0.2) is 11.5 Å². The van der Waals surface area contributed by atoms with E-state index in [1.165, 1.54) is 0 Å². The second-order valence-corrected chi connectivity index (χ2v) is 5.77. The molecule has 20 heavy (non-hydrogen) atoms. The lowest BCUT2D eigenvalue weighted by Crippen LogP contribution is -2.25. The van der Waals surface area contributed by atoms with Crippen molar-refractivity contribution < 1.29 is 8.78 Å². The van der Waals surface area contributed by atoms with Crippen LogP contribution in [0, 0.1) is 18.6 Å². The zero-order valence-electron chi connectivity index (χ0n) is 11.6. The first kappa shape index (κ1) is 15.1. The number of hydrogen-bond acceptors (Lipinski definition) is 3. The van der Waals surface area contributed by atoms with Gasteiger partial charge in [0.25, 0.3) is 0 Å². The summed E-state index contributed by atoms with van der Waals surface area (Å²) in [5, 5.41) is 6.22. The number of thiazole rings is 1. The Morgan fingerprint density at radius 2 is 2.15 bits per heavy atom. The molecule has 0 aliphatic heterocycles. The van der Waals surface area contributed by atoms with Crippen molar-refractivity contribution >= 4 is 11.3 Å². The standard InChI is InChI=1S/C15H18F2N2S/c1-3-7-18-14(8-11-9-20-10(2)19-11)12-5-4-6-13(16)15(12)17/h4-6,9,14,18H,3,7-8H2,1-2H3. The van der Waals surface area contributed by atoms with Crippen molar-refractivity contribution in [2.75, 3.05) is 6.54 Å². The lowest BCUT2D eigenvalue weighted by atomic mass is 10.0. The van der Waals surface area contributed by atoms with Gasteiger partial charge in [-0.1, -0.05) is 19.1 Å². The van der Waals surface area contributed by atoms with Crippen molar-refractivity contribution in [3.8, 4) is 0 Å². The van der Waals surface area contributed by atoms with E-state index in [0.717, 1.165) is 29.7 Å². The molecule has 0 spiro atoms. The molecule has 0 fully saturated rings. The Balaban J connectivity index is 2.24. The molecule has 1 heterocycles. The Bertz CT molecular complexity index is 569. The van der Waals surface area contributed by atoms with E-state index in [0.29, 0.717) is 12.0 Å². The number of rotatable bonds is 6. The van der Waals surface area contributed by atoms with Crippen LogP contribution < -0.4 is 5.32 Å². The molecule has 5 heteroatoms. The molecule has 0 radical (unpaired) electrons. The molecule has 1 atom stereocenters. The van der Waals surface area contributed by atoms with Gasteiger partial charge in [0, 0.05) is 23.4 Å². The summed E-state index contributed by atoms with van der Waals surface area (Å²) in [6, 6.07) is 4.06. The summed E-state index contributed by atoms with van der Waals surface area (Å²) < 4.78 is 27.3. The Hall–Kier alpha value is -1.33. The van der Waals surface area contributed by atoms with Crippen molar-refractivity contribution in [3.05, 3.63) is 51.5 Å². The summed E-state index contributed by atoms with van der Waals surface area (Å²) in [7, 11) is 0. The average Bonchev–Trinajstić information content (AvgIpc) is 2.83. The highest BCUT2D eigenvalue weighted by Crippen LogP contribution is 2.23. The van der Waals surface area contributed by atoms with Gasteiger partial charge in [0.15, 0.2) is 11.6 Å². The molecule has 1 N–H and O–H groups in total. The van der Waals surface area contributed by atoms with Crippen LogP contribution in [-0.2, 0) is 6.42 Å². The van der Waals surface area contributed by atoms with Gasteiger partial charge in [-0.3, -0.25) is 0 Å². The second-order valence-electron chi connectivity index (χ2n) is 4.71. The number of aromatic nitrogens is 1. The van der Waals surface area contributed by atoms with Gasteiger partial charge in [0.2, 0.25) is 0 Å². The van der Waals surface area contributed by atoms with Gasteiger partial charge in [-0.15, -0.1) is 11.3 Å². The number of nitrogens with zero attached hydrogens (tertiary/aromatic N) is 1. The molecule has 2 aromatic rings. The van der Waals surface area contributed by atoms with Crippen LogP contribution in [0.5, 0.6) is 0 Å². The van der Waals surface area contributed by atoms with Gasteiger partial charge in [0.1, 0.15) is 0 Å². The summed E-state index contributed by atoms with van der Waals surface area (Å²) in [5.41, 5.74) is 1.27. The maximum atomic E-state index is 14.0. The van der Waals surface area contributed by atoms with Gasteiger partial charge in [0.05, 0.1) is 10.7 Å². The highest BCUT2D eigenvalue weighted by Gasteiger charge is 2.19. The molecule has 0 bridgehead atoms. The molecular weight excluding hydrogens is 278 g/mol. The van der Waals surface area contributed by atoms with E-state index in [1.54, 1.807) is 23.5 Å². The minimum absolute atomic E-state index is 0.257. The van der Waals surface area contributed by atoms with Crippen molar-refractivity contribution in [2.45, 2.75) is 32.7 Å². The fraction of sp³-hybridized carbons (Fsp3) is 0.400. The minimum Gasteiger partial charge on any atom is -0.310 e. The maximum Gasteiger partial charge on any atom is 0.163 e. The molecule has 108 valence electrons. The minimum atomic E-state index is -0.805. The van der Waals surface area contributed by atoms with E-state index in [1.807, 2.05) is 19.2 Å². The van der Waals surface area contributed by atoms with Crippen LogP contribution >= 0.6 is 11.3 Å². The van der Waals surface area contributed by atoms with E-state index >= 15 is 0 Å². The average molecular weight is 296 g/mol. The van der Waals surface area contributed by atoms with Crippen molar-refractivity contribution in [3.63, 3.8) is 0 Å². The van der Waals surface area contributed by atoms with E-state index < -0.39 is 11.6 Å². The number of nitrogens with one attached hydrogen (secondary N) is 1. The molecule has 0 aliphatic carbocycles. The molecule has 1 aromatic heterocycles. The molecule has 0 saturated heterocycles. The first-order chi connectivity index (χ1) is 9.61. The Kier molecular flexibility index (Phi) is 5.20. The summed E-state index contributed by atoms with van der Waals surface area (Å²) in [5.74, 6) is -1.58. The topological polar surface area (TPSA) is 24.9 Å². The zero-order valence-corrected chi connectivity index (χ0v) is 12.4. The third-order valence-electron chi connectivity index (χ3n) is 3.08.